The molecule has 6 nitrogen and oxygen atoms in total. The van der Waals surface area contributed by atoms with Crippen LogP contribution in [0.1, 0.15) is 0 Å². The molecule has 0 aliphatic carbocycles. The number of aromatic amines is 1. The average molecular weight is 429 g/mol. The summed E-state index contributed by atoms with van der Waals surface area (Å²) in [6.07, 6.45) is 4.50. The molecule has 0 spiro atoms. The Morgan fingerprint density at radius 2 is 1.80 bits per heavy atom. The second-order valence-electron chi connectivity index (χ2n) is 6.90. The van der Waals surface area contributed by atoms with Gasteiger partial charge >= 0.3 is 0 Å². The molecule has 0 amide bonds. The summed E-state index contributed by atoms with van der Waals surface area (Å²) in [5.41, 5.74) is 1.11. The van der Waals surface area contributed by atoms with Crippen molar-refractivity contribution in [2.24, 2.45) is 7.05 Å². The lowest BCUT2D eigenvalue weighted by atomic mass is 10.0. The van der Waals surface area contributed by atoms with Crippen molar-refractivity contribution in [1.29, 1.82) is 4.78 Å². The summed E-state index contributed by atoms with van der Waals surface area (Å²) in [5.74, 6) is -1.60. The average Bonchev–Trinajstić information content (AvgIpc) is 3.16. The Kier molecular flexibility index (Phi) is 4.70. The van der Waals surface area contributed by atoms with Crippen LogP contribution in [0.4, 0.5) is 8.78 Å². The lowest BCUT2D eigenvalue weighted by Crippen LogP contribution is -2.16. The van der Waals surface area contributed by atoms with Gasteiger partial charge in [0.15, 0.2) is 11.6 Å². The van der Waals surface area contributed by atoms with Crippen LogP contribution in [0.2, 0.25) is 0 Å². The fourth-order valence-corrected chi connectivity index (χ4v) is 3.88. The first kappa shape index (κ1) is 19.8. The predicted molar refractivity (Wildman–Crippen MR) is 110 cm³/mol. The number of hydrogen-bond donors (Lipinski definition) is 2. The zero-order chi connectivity index (χ0) is 21.6. The minimum Gasteiger partial charge on any atom is -0.454 e. The molecule has 4 aromatic rings. The fourth-order valence-electron chi connectivity index (χ4n) is 3.21. The largest absolute Gasteiger partial charge is 0.454 e. The Morgan fingerprint density at radius 1 is 1.07 bits per heavy atom. The van der Waals surface area contributed by atoms with E-state index in [0.717, 1.165) is 6.07 Å². The van der Waals surface area contributed by atoms with Crippen molar-refractivity contribution < 1.29 is 17.7 Å². The van der Waals surface area contributed by atoms with Gasteiger partial charge in [0.1, 0.15) is 17.1 Å². The van der Waals surface area contributed by atoms with Crippen molar-refractivity contribution in [2.45, 2.75) is 4.90 Å². The van der Waals surface area contributed by atoms with E-state index in [1.54, 1.807) is 25.5 Å². The predicted octanol–water partition coefficient (Wildman–Crippen LogP) is 4.64. The van der Waals surface area contributed by atoms with Crippen LogP contribution in [0.25, 0.3) is 22.0 Å². The van der Waals surface area contributed by atoms with Gasteiger partial charge in [-0.1, -0.05) is 0 Å². The molecular weight excluding hydrogens is 412 g/mol. The van der Waals surface area contributed by atoms with Gasteiger partial charge in [-0.2, -0.15) is 0 Å². The molecule has 154 valence electrons. The van der Waals surface area contributed by atoms with E-state index in [9.17, 15) is 17.8 Å². The number of aryl methyl sites for hydroxylation is 1. The van der Waals surface area contributed by atoms with E-state index in [-0.39, 0.29) is 22.0 Å². The van der Waals surface area contributed by atoms with Crippen LogP contribution in [0.5, 0.6) is 11.5 Å². The smallest absolute Gasteiger partial charge is 0.274 e. The normalized spacial score (nSPS) is 13.3. The highest BCUT2D eigenvalue weighted by molar-refractivity contribution is 7.91. The monoisotopic (exact) mass is 429 g/mol. The molecule has 1 unspecified atom stereocenters. The highest BCUT2D eigenvalue weighted by atomic mass is 32.2. The number of halogens is 2. The fraction of sp³-hybridized carbons (Fsp3) is 0.0952. The maximum Gasteiger partial charge on any atom is 0.274 e. The number of nitrogens with zero attached hydrogens (tertiary/aromatic N) is 1. The van der Waals surface area contributed by atoms with Crippen molar-refractivity contribution in [3.63, 3.8) is 0 Å². The zero-order valence-electron chi connectivity index (χ0n) is 16.0. The molecule has 2 N–H and O–H groups in total. The van der Waals surface area contributed by atoms with Crippen molar-refractivity contribution in [3.8, 4) is 22.6 Å². The number of benzene rings is 2. The number of rotatable bonds is 4. The number of fused-ring (bicyclic) bond motifs is 1. The van der Waals surface area contributed by atoms with Gasteiger partial charge in [0.25, 0.3) is 5.56 Å². The maximum absolute atomic E-state index is 14.2. The summed E-state index contributed by atoms with van der Waals surface area (Å²) in [6, 6.07) is 9.14. The quantitative estimate of drug-likeness (QED) is 0.495. The van der Waals surface area contributed by atoms with Gasteiger partial charge in [-0.3, -0.25) is 4.79 Å². The molecule has 30 heavy (non-hydrogen) atoms. The first-order chi connectivity index (χ1) is 14.1. The summed E-state index contributed by atoms with van der Waals surface area (Å²) >= 11 is 0. The maximum atomic E-state index is 14.2. The SMILES string of the molecule is Cn1cc(-c2cc(S(C)(=N)=O)ccc2Oc2ccc(F)cc2F)c2cc[nH]c2c1=O. The summed E-state index contributed by atoms with van der Waals surface area (Å²) in [5, 5.41) is 0.590. The topological polar surface area (TPSA) is 87.9 Å². The lowest BCUT2D eigenvalue weighted by molar-refractivity contribution is 0.438. The van der Waals surface area contributed by atoms with E-state index in [0.29, 0.717) is 28.1 Å². The van der Waals surface area contributed by atoms with E-state index < -0.39 is 21.4 Å². The molecule has 2 aromatic heterocycles. The van der Waals surface area contributed by atoms with Gasteiger partial charge in [0.2, 0.25) is 0 Å². The van der Waals surface area contributed by atoms with Gasteiger partial charge < -0.3 is 14.3 Å². The van der Waals surface area contributed by atoms with Crippen molar-refractivity contribution in [2.75, 3.05) is 6.26 Å². The standard InChI is InChI=1S/C21H17F2N3O3S/c1-26-11-16(14-7-8-25-20(14)21(26)27)15-10-13(30(2,24)28)4-6-18(15)29-19-5-3-12(22)9-17(19)23/h3-11,24-25H,1-2H3. The molecule has 0 fully saturated rings. The Morgan fingerprint density at radius 3 is 2.50 bits per heavy atom. The molecule has 9 heteroatoms. The molecule has 0 radical (unpaired) electrons. The lowest BCUT2D eigenvalue weighted by Gasteiger charge is -2.15. The van der Waals surface area contributed by atoms with Gasteiger partial charge in [0, 0.05) is 53.2 Å². The first-order valence-corrected chi connectivity index (χ1v) is 10.8. The Labute approximate surface area is 170 Å². The second kappa shape index (κ2) is 7.10. The molecule has 0 bridgehead atoms. The van der Waals surface area contributed by atoms with Crippen molar-refractivity contribution in [1.82, 2.24) is 9.55 Å². The van der Waals surface area contributed by atoms with Crippen LogP contribution in [-0.4, -0.2) is 20.0 Å². The van der Waals surface area contributed by atoms with Crippen molar-refractivity contribution in [3.05, 3.63) is 76.8 Å². The van der Waals surface area contributed by atoms with Crippen LogP contribution in [-0.2, 0) is 16.8 Å². The van der Waals surface area contributed by atoms with E-state index in [1.165, 1.54) is 35.1 Å². The second-order valence-corrected chi connectivity index (χ2v) is 9.06. The highest BCUT2D eigenvalue weighted by Gasteiger charge is 2.18. The summed E-state index contributed by atoms with van der Waals surface area (Å²) in [4.78, 5) is 15.5. The molecule has 0 aliphatic rings. The number of ether oxygens (including phenoxy) is 1. The molecule has 0 saturated heterocycles. The number of nitrogens with one attached hydrogen (secondary N) is 2. The first-order valence-electron chi connectivity index (χ1n) is 8.83. The Balaban J connectivity index is 1.99. The van der Waals surface area contributed by atoms with E-state index >= 15 is 0 Å². The molecule has 2 heterocycles. The van der Waals surface area contributed by atoms with Crippen molar-refractivity contribution >= 4 is 20.6 Å². The third-order valence-electron chi connectivity index (χ3n) is 4.70. The molecule has 0 saturated carbocycles. The zero-order valence-corrected chi connectivity index (χ0v) is 16.8. The third-order valence-corrected chi connectivity index (χ3v) is 5.85. The van der Waals surface area contributed by atoms with Gasteiger partial charge in [0.05, 0.1) is 9.73 Å². The van der Waals surface area contributed by atoms with Crippen LogP contribution < -0.4 is 10.3 Å². The number of aromatic nitrogens is 2. The summed E-state index contributed by atoms with van der Waals surface area (Å²) < 4.78 is 54.8. The number of H-pyrrole nitrogens is 1. The minimum atomic E-state index is -3.05. The number of pyridine rings is 1. The summed E-state index contributed by atoms with van der Waals surface area (Å²) in [7, 11) is -1.46. The van der Waals surface area contributed by atoms with E-state index in [2.05, 4.69) is 4.98 Å². The Bertz CT molecular complexity index is 1460. The van der Waals surface area contributed by atoms with Crippen LogP contribution in [0.3, 0.4) is 0 Å². The molecule has 1 atom stereocenters. The molecule has 4 rings (SSSR count). The Hall–Kier alpha value is -3.46. The van der Waals surface area contributed by atoms with Gasteiger partial charge in [-0.15, -0.1) is 0 Å². The molecule has 0 aliphatic heterocycles. The summed E-state index contributed by atoms with van der Waals surface area (Å²) in [6.45, 7) is 0. The van der Waals surface area contributed by atoms with Crippen LogP contribution in [0.15, 0.2) is 64.5 Å². The molecule has 2 aromatic carbocycles. The minimum absolute atomic E-state index is 0.191. The van der Waals surface area contributed by atoms with Crippen LogP contribution in [0, 0.1) is 16.4 Å². The molecular formula is C21H17F2N3O3S. The van der Waals surface area contributed by atoms with E-state index in [4.69, 9.17) is 9.52 Å². The number of hydrogen-bond acceptors (Lipinski definition) is 4. The van der Waals surface area contributed by atoms with Gasteiger partial charge in [-0.25, -0.2) is 17.8 Å². The highest BCUT2D eigenvalue weighted by Crippen LogP contribution is 2.38. The van der Waals surface area contributed by atoms with E-state index in [1.807, 2.05) is 0 Å². The van der Waals surface area contributed by atoms with Gasteiger partial charge in [-0.05, 0) is 36.4 Å². The third kappa shape index (κ3) is 3.48. The van der Waals surface area contributed by atoms with Crippen LogP contribution >= 0.6 is 0 Å².